The summed E-state index contributed by atoms with van der Waals surface area (Å²) in [6.45, 7) is 3.80. The van der Waals surface area contributed by atoms with E-state index in [9.17, 15) is 14.4 Å². The Morgan fingerprint density at radius 3 is 2.28 bits per heavy atom. The normalized spacial score (nSPS) is 12.5. The summed E-state index contributed by atoms with van der Waals surface area (Å²) in [5.41, 5.74) is 7.91. The first-order valence-corrected chi connectivity index (χ1v) is 9.46. The minimum atomic E-state index is -0.979. The summed E-state index contributed by atoms with van der Waals surface area (Å²) in [5.74, 6) is -1.05. The molecule has 0 aliphatic rings. The van der Waals surface area contributed by atoms with Gasteiger partial charge in [0.2, 0.25) is 0 Å². The number of amides is 3. The predicted molar refractivity (Wildman–Crippen MR) is 110 cm³/mol. The Kier molecular flexibility index (Phi) is 8.03. The number of rotatable bonds is 8. The average molecular weight is 418 g/mol. The molecule has 4 N–H and O–H groups in total. The van der Waals surface area contributed by atoms with Crippen molar-refractivity contribution in [1.29, 1.82) is 0 Å². The monoisotopic (exact) mass is 417 g/mol. The third-order valence-electron chi connectivity index (χ3n) is 4.22. The Bertz CT molecular complexity index is 853. The topological polar surface area (TPSA) is 111 Å². The van der Waals surface area contributed by atoms with Crippen LogP contribution in [0.25, 0.3) is 0 Å². The molecule has 0 aliphatic heterocycles. The lowest BCUT2D eigenvalue weighted by atomic mass is 10.0. The van der Waals surface area contributed by atoms with Crippen LogP contribution in [0.5, 0.6) is 0 Å². The number of urea groups is 1. The van der Waals surface area contributed by atoms with Crippen LogP contribution in [0.1, 0.15) is 36.1 Å². The van der Waals surface area contributed by atoms with Crippen LogP contribution >= 0.6 is 11.6 Å². The van der Waals surface area contributed by atoms with Crippen molar-refractivity contribution in [2.45, 2.75) is 39.0 Å². The zero-order valence-electron chi connectivity index (χ0n) is 16.3. The van der Waals surface area contributed by atoms with E-state index in [1.165, 1.54) is 6.92 Å². The Morgan fingerprint density at radius 1 is 1.07 bits per heavy atom. The maximum absolute atomic E-state index is 12.3. The van der Waals surface area contributed by atoms with Crippen molar-refractivity contribution in [2.24, 2.45) is 5.73 Å². The van der Waals surface area contributed by atoms with E-state index in [-0.39, 0.29) is 6.42 Å². The van der Waals surface area contributed by atoms with Gasteiger partial charge in [0, 0.05) is 11.6 Å². The number of nitrogens with one attached hydrogen (secondary N) is 2. The van der Waals surface area contributed by atoms with Crippen molar-refractivity contribution >= 4 is 29.5 Å². The number of carbonyl (C=O) groups is 3. The van der Waals surface area contributed by atoms with Gasteiger partial charge in [0.1, 0.15) is 0 Å². The Morgan fingerprint density at radius 2 is 1.69 bits per heavy atom. The van der Waals surface area contributed by atoms with Gasteiger partial charge in [0.05, 0.1) is 12.5 Å². The highest BCUT2D eigenvalue weighted by Crippen LogP contribution is 2.20. The van der Waals surface area contributed by atoms with Crippen LogP contribution in [-0.4, -0.2) is 24.0 Å². The number of benzene rings is 2. The molecule has 0 unspecified atom stereocenters. The number of hydrogen-bond acceptors (Lipinski definition) is 4. The lowest BCUT2D eigenvalue weighted by Gasteiger charge is -2.19. The van der Waals surface area contributed by atoms with Gasteiger partial charge in [-0.3, -0.25) is 9.59 Å². The number of nitrogens with two attached hydrogens (primary N) is 1. The Hall–Kier alpha value is -3.06. The smallest absolute Gasteiger partial charge is 0.312 e. The van der Waals surface area contributed by atoms with E-state index < -0.39 is 30.1 Å². The SMILES string of the molecule is Cc1ccc(CNC(=O)[C@@H](C)OC(=O)C[C@@H](NC(N)=O)c2ccc(Cl)cc2)cc1. The van der Waals surface area contributed by atoms with E-state index in [2.05, 4.69) is 10.6 Å². The van der Waals surface area contributed by atoms with Gasteiger partial charge in [-0.1, -0.05) is 53.6 Å². The minimum Gasteiger partial charge on any atom is -0.452 e. The molecule has 0 saturated carbocycles. The molecule has 2 aromatic rings. The van der Waals surface area contributed by atoms with Crippen molar-refractivity contribution in [1.82, 2.24) is 10.6 Å². The molecule has 0 aliphatic carbocycles. The zero-order chi connectivity index (χ0) is 21.4. The summed E-state index contributed by atoms with van der Waals surface area (Å²) in [5, 5.41) is 5.74. The molecule has 0 radical (unpaired) electrons. The maximum Gasteiger partial charge on any atom is 0.312 e. The summed E-state index contributed by atoms with van der Waals surface area (Å²) in [4.78, 5) is 35.8. The van der Waals surface area contributed by atoms with Crippen molar-refractivity contribution in [3.05, 3.63) is 70.2 Å². The van der Waals surface area contributed by atoms with E-state index >= 15 is 0 Å². The molecule has 0 heterocycles. The number of esters is 1. The largest absolute Gasteiger partial charge is 0.452 e. The second kappa shape index (κ2) is 10.5. The van der Waals surface area contributed by atoms with Gasteiger partial charge in [-0.25, -0.2) is 4.79 Å². The van der Waals surface area contributed by atoms with Crippen LogP contribution in [0.4, 0.5) is 4.79 Å². The summed E-state index contributed by atoms with van der Waals surface area (Å²) in [7, 11) is 0. The molecule has 29 heavy (non-hydrogen) atoms. The third kappa shape index (κ3) is 7.46. The fourth-order valence-electron chi connectivity index (χ4n) is 2.62. The fourth-order valence-corrected chi connectivity index (χ4v) is 2.75. The third-order valence-corrected chi connectivity index (χ3v) is 4.48. The van der Waals surface area contributed by atoms with Gasteiger partial charge in [0.15, 0.2) is 6.10 Å². The van der Waals surface area contributed by atoms with Gasteiger partial charge in [-0.15, -0.1) is 0 Å². The highest BCUT2D eigenvalue weighted by atomic mass is 35.5. The van der Waals surface area contributed by atoms with Crippen LogP contribution in [-0.2, 0) is 20.9 Å². The van der Waals surface area contributed by atoms with Crippen molar-refractivity contribution < 1.29 is 19.1 Å². The van der Waals surface area contributed by atoms with E-state index in [1.54, 1.807) is 24.3 Å². The Balaban J connectivity index is 1.90. The van der Waals surface area contributed by atoms with E-state index in [0.717, 1.165) is 11.1 Å². The Labute approximate surface area is 174 Å². The maximum atomic E-state index is 12.3. The van der Waals surface area contributed by atoms with Gasteiger partial charge in [-0.05, 0) is 37.1 Å². The first kappa shape index (κ1) is 22.2. The second-order valence-electron chi connectivity index (χ2n) is 6.65. The summed E-state index contributed by atoms with van der Waals surface area (Å²) in [6.07, 6.45) is -1.16. The van der Waals surface area contributed by atoms with Crippen molar-refractivity contribution in [3.63, 3.8) is 0 Å². The molecule has 3 amide bonds. The zero-order valence-corrected chi connectivity index (χ0v) is 17.0. The van der Waals surface area contributed by atoms with E-state index in [1.807, 2.05) is 31.2 Å². The van der Waals surface area contributed by atoms with Crippen LogP contribution in [0.2, 0.25) is 5.02 Å². The minimum absolute atomic E-state index is 0.180. The van der Waals surface area contributed by atoms with Crippen molar-refractivity contribution in [3.8, 4) is 0 Å². The van der Waals surface area contributed by atoms with Gasteiger partial charge < -0.3 is 21.1 Å². The van der Waals surface area contributed by atoms with E-state index in [4.69, 9.17) is 22.1 Å². The molecule has 0 fully saturated rings. The van der Waals surface area contributed by atoms with Crippen molar-refractivity contribution in [2.75, 3.05) is 0 Å². The van der Waals surface area contributed by atoms with Crippen LogP contribution in [0.3, 0.4) is 0 Å². The molecule has 0 spiro atoms. The summed E-state index contributed by atoms with van der Waals surface area (Å²) in [6, 6.07) is 12.9. The molecular formula is C21H24ClN3O4. The fraction of sp³-hybridized carbons (Fsp3) is 0.286. The highest BCUT2D eigenvalue weighted by Gasteiger charge is 2.22. The van der Waals surface area contributed by atoms with Gasteiger partial charge in [-0.2, -0.15) is 0 Å². The molecule has 0 aromatic heterocycles. The van der Waals surface area contributed by atoms with E-state index in [0.29, 0.717) is 17.1 Å². The lowest BCUT2D eigenvalue weighted by molar-refractivity contribution is -0.155. The predicted octanol–water partition coefficient (Wildman–Crippen LogP) is 3.00. The van der Waals surface area contributed by atoms with Gasteiger partial charge in [0.25, 0.3) is 5.91 Å². The lowest BCUT2D eigenvalue weighted by Crippen LogP contribution is -2.37. The molecule has 154 valence electrons. The number of primary amides is 1. The standard InChI is InChI=1S/C21H24ClN3O4/c1-13-3-5-15(6-4-13)12-24-20(27)14(2)29-19(26)11-18(25-21(23)28)16-7-9-17(22)10-8-16/h3-10,14,18H,11-12H2,1-2H3,(H,24,27)(H3,23,25,28)/t14-,18-/m1/s1. The molecule has 8 heteroatoms. The molecule has 2 rings (SSSR count). The molecule has 2 atom stereocenters. The van der Waals surface area contributed by atoms with Crippen LogP contribution in [0.15, 0.2) is 48.5 Å². The quantitative estimate of drug-likeness (QED) is 0.573. The number of carbonyl (C=O) groups excluding carboxylic acids is 3. The second-order valence-corrected chi connectivity index (χ2v) is 7.09. The number of hydrogen-bond donors (Lipinski definition) is 3. The molecule has 7 nitrogen and oxygen atoms in total. The number of aryl methyl sites for hydroxylation is 1. The molecule has 0 saturated heterocycles. The average Bonchev–Trinajstić information content (AvgIpc) is 2.67. The first-order chi connectivity index (χ1) is 13.7. The van der Waals surface area contributed by atoms with Crippen LogP contribution < -0.4 is 16.4 Å². The molecular weight excluding hydrogens is 394 g/mol. The first-order valence-electron chi connectivity index (χ1n) is 9.08. The number of halogens is 1. The molecule has 2 aromatic carbocycles. The van der Waals surface area contributed by atoms with Gasteiger partial charge >= 0.3 is 12.0 Å². The highest BCUT2D eigenvalue weighted by molar-refractivity contribution is 6.30. The summed E-state index contributed by atoms with van der Waals surface area (Å²) < 4.78 is 5.21. The van der Waals surface area contributed by atoms with Crippen LogP contribution in [0, 0.1) is 6.92 Å². The summed E-state index contributed by atoms with van der Waals surface area (Å²) >= 11 is 5.87. The number of ether oxygens (including phenoxy) is 1. The molecule has 0 bridgehead atoms.